The van der Waals surface area contributed by atoms with Gasteiger partial charge in [-0.25, -0.2) is 9.18 Å². The Morgan fingerprint density at radius 3 is 2.21 bits per heavy atom. The second-order valence-corrected chi connectivity index (χ2v) is 7.13. The Bertz CT molecular complexity index is 1030. The molecule has 146 valence electrons. The normalized spacial score (nSPS) is 11.5. The van der Waals surface area contributed by atoms with Gasteiger partial charge in [0.2, 0.25) is 0 Å². The summed E-state index contributed by atoms with van der Waals surface area (Å²) in [6.07, 6.45) is 2.23. The first-order chi connectivity index (χ1) is 14.0. The zero-order valence-corrected chi connectivity index (χ0v) is 16.5. The fourth-order valence-electron chi connectivity index (χ4n) is 2.99. The van der Waals surface area contributed by atoms with Gasteiger partial charge in [-0.15, -0.1) is 0 Å². The minimum Gasteiger partial charge on any atom is -0.423 e. The van der Waals surface area contributed by atoms with Crippen molar-refractivity contribution in [1.29, 1.82) is 5.26 Å². The average molecular weight is 387 g/mol. The summed E-state index contributed by atoms with van der Waals surface area (Å²) < 4.78 is 18.8. The molecule has 29 heavy (non-hydrogen) atoms. The van der Waals surface area contributed by atoms with Crippen LogP contribution in [0, 0.1) is 23.1 Å². The topological polar surface area (TPSA) is 50.1 Å². The van der Waals surface area contributed by atoms with Crippen molar-refractivity contribution in [3.8, 4) is 22.9 Å². The van der Waals surface area contributed by atoms with E-state index < -0.39 is 11.8 Å². The van der Waals surface area contributed by atoms with Crippen LogP contribution in [-0.2, 0) is 6.42 Å². The lowest BCUT2D eigenvalue weighted by atomic mass is 9.96. The van der Waals surface area contributed by atoms with Gasteiger partial charge in [-0.2, -0.15) is 5.26 Å². The second-order valence-electron chi connectivity index (χ2n) is 7.13. The number of carbonyl (C=O) groups is 1. The van der Waals surface area contributed by atoms with Crippen molar-refractivity contribution < 1.29 is 13.9 Å². The van der Waals surface area contributed by atoms with Crippen LogP contribution in [0.3, 0.4) is 0 Å². The predicted molar refractivity (Wildman–Crippen MR) is 111 cm³/mol. The number of hydrogen-bond acceptors (Lipinski definition) is 3. The Morgan fingerprint density at radius 2 is 1.66 bits per heavy atom. The molecular weight excluding hydrogens is 365 g/mol. The number of benzene rings is 3. The molecule has 0 saturated heterocycles. The molecule has 0 spiro atoms. The van der Waals surface area contributed by atoms with Crippen LogP contribution in [0.15, 0.2) is 66.7 Å². The highest BCUT2D eigenvalue weighted by atomic mass is 19.1. The minimum atomic E-state index is -0.718. The summed E-state index contributed by atoms with van der Waals surface area (Å²) in [5.74, 6) is -0.572. The van der Waals surface area contributed by atoms with E-state index in [4.69, 9.17) is 10.00 Å². The molecule has 0 aliphatic rings. The number of halogens is 1. The summed E-state index contributed by atoms with van der Waals surface area (Å²) in [5, 5.41) is 8.76. The standard InChI is InChI=1S/C25H22FNO2/c1-3-17(2)14-18-4-6-19(7-5-18)20-8-10-21(11-9-20)25(28)29-23-13-12-22(16-27)24(26)15-23/h4-13,15,17H,3,14H2,1-2H3. The van der Waals surface area contributed by atoms with Crippen molar-refractivity contribution >= 4 is 5.97 Å². The van der Waals surface area contributed by atoms with Crippen LogP contribution in [0.25, 0.3) is 11.1 Å². The van der Waals surface area contributed by atoms with Gasteiger partial charge in [-0.05, 0) is 53.3 Å². The van der Waals surface area contributed by atoms with Crippen molar-refractivity contribution in [3.05, 3.63) is 89.2 Å². The van der Waals surface area contributed by atoms with E-state index in [1.807, 2.05) is 12.1 Å². The molecule has 0 aromatic heterocycles. The third-order valence-corrected chi connectivity index (χ3v) is 4.96. The Kier molecular flexibility index (Phi) is 6.41. The molecule has 4 heteroatoms. The van der Waals surface area contributed by atoms with Gasteiger partial charge in [0.05, 0.1) is 11.1 Å². The number of nitriles is 1. The van der Waals surface area contributed by atoms with Gasteiger partial charge in [-0.3, -0.25) is 0 Å². The summed E-state index contributed by atoms with van der Waals surface area (Å²) >= 11 is 0. The molecule has 0 heterocycles. The molecule has 3 aromatic carbocycles. The van der Waals surface area contributed by atoms with E-state index in [-0.39, 0.29) is 11.3 Å². The first kappa shape index (κ1) is 20.3. The predicted octanol–water partition coefficient (Wildman–Crippen LogP) is 6.17. The molecule has 0 amide bonds. The lowest BCUT2D eigenvalue weighted by Gasteiger charge is -2.09. The van der Waals surface area contributed by atoms with Crippen molar-refractivity contribution in [2.45, 2.75) is 26.7 Å². The smallest absolute Gasteiger partial charge is 0.343 e. The van der Waals surface area contributed by atoms with E-state index in [2.05, 4.69) is 38.1 Å². The van der Waals surface area contributed by atoms with Crippen LogP contribution in [0.5, 0.6) is 5.75 Å². The number of nitrogens with zero attached hydrogens (tertiary/aromatic N) is 1. The Morgan fingerprint density at radius 1 is 1.03 bits per heavy atom. The highest BCUT2D eigenvalue weighted by molar-refractivity contribution is 5.91. The maximum atomic E-state index is 13.6. The molecule has 0 N–H and O–H groups in total. The molecule has 0 saturated carbocycles. The third kappa shape index (κ3) is 5.08. The van der Waals surface area contributed by atoms with Crippen molar-refractivity contribution in [1.82, 2.24) is 0 Å². The van der Waals surface area contributed by atoms with E-state index in [9.17, 15) is 9.18 Å². The lowest BCUT2D eigenvalue weighted by molar-refractivity contribution is 0.0734. The molecular formula is C25H22FNO2. The molecule has 0 aliphatic carbocycles. The summed E-state index contributed by atoms with van der Waals surface area (Å²) in [6, 6.07) is 21.0. The number of ether oxygens (including phenoxy) is 1. The largest absolute Gasteiger partial charge is 0.423 e. The third-order valence-electron chi connectivity index (χ3n) is 4.96. The van der Waals surface area contributed by atoms with E-state index in [0.29, 0.717) is 11.5 Å². The highest BCUT2D eigenvalue weighted by Crippen LogP contribution is 2.23. The zero-order valence-electron chi connectivity index (χ0n) is 16.5. The summed E-state index contributed by atoms with van der Waals surface area (Å²) in [5.41, 5.74) is 3.67. The second kappa shape index (κ2) is 9.16. The fraction of sp³-hybridized carbons (Fsp3) is 0.200. The molecule has 3 rings (SSSR count). The van der Waals surface area contributed by atoms with E-state index in [1.54, 1.807) is 18.2 Å². The van der Waals surface area contributed by atoms with Gasteiger partial charge >= 0.3 is 5.97 Å². The summed E-state index contributed by atoms with van der Waals surface area (Å²) in [7, 11) is 0. The average Bonchev–Trinajstić information content (AvgIpc) is 2.74. The van der Waals surface area contributed by atoms with Crippen LogP contribution < -0.4 is 4.74 Å². The minimum absolute atomic E-state index is 0.0625. The maximum Gasteiger partial charge on any atom is 0.343 e. The zero-order chi connectivity index (χ0) is 20.8. The van der Waals surface area contributed by atoms with Gasteiger partial charge in [-0.1, -0.05) is 56.7 Å². The number of rotatable bonds is 6. The van der Waals surface area contributed by atoms with E-state index in [0.717, 1.165) is 30.0 Å². The maximum absolute atomic E-state index is 13.6. The molecule has 0 fully saturated rings. The molecule has 1 unspecified atom stereocenters. The fourth-order valence-corrected chi connectivity index (χ4v) is 2.99. The van der Waals surface area contributed by atoms with Gasteiger partial charge in [0.25, 0.3) is 0 Å². The first-order valence-corrected chi connectivity index (χ1v) is 9.61. The van der Waals surface area contributed by atoms with Crippen molar-refractivity contribution in [2.75, 3.05) is 0 Å². The molecule has 1 atom stereocenters. The lowest BCUT2D eigenvalue weighted by Crippen LogP contribution is -2.08. The SMILES string of the molecule is CCC(C)Cc1ccc(-c2ccc(C(=O)Oc3ccc(C#N)c(F)c3)cc2)cc1. The van der Waals surface area contributed by atoms with Gasteiger partial charge in [0, 0.05) is 6.07 Å². The van der Waals surface area contributed by atoms with Crippen LogP contribution in [0.1, 0.15) is 41.8 Å². The van der Waals surface area contributed by atoms with Gasteiger partial charge in [0.1, 0.15) is 17.6 Å². The molecule has 0 radical (unpaired) electrons. The van der Waals surface area contributed by atoms with Crippen LogP contribution >= 0.6 is 0 Å². The summed E-state index contributed by atoms with van der Waals surface area (Å²) in [4.78, 5) is 12.3. The quantitative estimate of drug-likeness (QED) is 0.375. The highest BCUT2D eigenvalue weighted by Gasteiger charge is 2.11. The number of carbonyl (C=O) groups excluding carboxylic acids is 1. The molecule has 0 aliphatic heterocycles. The van der Waals surface area contributed by atoms with Crippen LogP contribution in [-0.4, -0.2) is 5.97 Å². The van der Waals surface area contributed by atoms with Crippen LogP contribution in [0.4, 0.5) is 4.39 Å². The van der Waals surface area contributed by atoms with Gasteiger partial charge < -0.3 is 4.74 Å². The Hall–Kier alpha value is -3.45. The van der Waals surface area contributed by atoms with E-state index in [1.165, 1.54) is 17.7 Å². The van der Waals surface area contributed by atoms with Gasteiger partial charge in [0.15, 0.2) is 0 Å². The van der Waals surface area contributed by atoms with Crippen LogP contribution in [0.2, 0.25) is 0 Å². The van der Waals surface area contributed by atoms with Crippen molar-refractivity contribution in [2.24, 2.45) is 5.92 Å². The molecule has 0 bridgehead atoms. The monoisotopic (exact) mass is 387 g/mol. The Labute approximate surface area is 170 Å². The first-order valence-electron chi connectivity index (χ1n) is 9.61. The van der Waals surface area contributed by atoms with Crippen molar-refractivity contribution in [3.63, 3.8) is 0 Å². The summed E-state index contributed by atoms with van der Waals surface area (Å²) in [6.45, 7) is 4.45. The number of hydrogen-bond donors (Lipinski definition) is 0. The van der Waals surface area contributed by atoms with E-state index >= 15 is 0 Å². The molecule has 3 aromatic rings. The number of esters is 1. The molecule has 3 nitrogen and oxygen atoms in total. The Balaban J connectivity index is 1.68.